The Morgan fingerprint density at radius 1 is 1.16 bits per heavy atom. The first-order chi connectivity index (χ1) is 12.2. The first-order valence-corrected chi connectivity index (χ1v) is 8.73. The fourth-order valence-corrected chi connectivity index (χ4v) is 3.61. The summed E-state index contributed by atoms with van der Waals surface area (Å²) < 4.78 is 12.9. The molecule has 0 atom stereocenters. The third-order valence-electron chi connectivity index (χ3n) is 4.07. The average Bonchev–Trinajstić information content (AvgIpc) is 3.25. The first kappa shape index (κ1) is 15.7. The van der Waals surface area contributed by atoms with E-state index in [0.29, 0.717) is 17.2 Å². The topological polar surface area (TPSA) is 58.1 Å². The van der Waals surface area contributed by atoms with Crippen molar-refractivity contribution in [3.63, 3.8) is 0 Å². The van der Waals surface area contributed by atoms with Crippen molar-refractivity contribution in [1.82, 2.24) is 10.2 Å². The van der Waals surface area contributed by atoms with Gasteiger partial charge in [0.25, 0.3) is 5.91 Å². The highest BCUT2D eigenvalue weighted by Gasteiger charge is 2.21. The molecule has 0 unspecified atom stereocenters. The fraction of sp³-hybridized carbons (Fsp3) is 0.167. The average molecular weight is 354 g/mol. The molecule has 0 bridgehead atoms. The molecule has 1 amide bonds. The Hall–Kier alpha value is -2.80. The van der Waals surface area contributed by atoms with E-state index in [1.165, 1.54) is 46.9 Å². The number of carbonyl (C=O) groups excluding carboxylic acids is 1. The summed E-state index contributed by atoms with van der Waals surface area (Å²) in [6.07, 6.45) is 1.02. The Morgan fingerprint density at radius 2 is 1.96 bits per heavy atom. The van der Waals surface area contributed by atoms with Gasteiger partial charge >= 0.3 is 0 Å². The number of aromatic nitrogens is 2. The summed E-state index contributed by atoms with van der Waals surface area (Å²) in [7, 11) is 0. The van der Waals surface area contributed by atoms with Crippen LogP contribution in [0.2, 0.25) is 0 Å². The number of rotatable bonds is 4. The van der Waals surface area contributed by atoms with Gasteiger partial charge in [0.2, 0.25) is 5.01 Å². The van der Waals surface area contributed by atoms with E-state index in [-0.39, 0.29) is 11.7 Å². The lowest BCUT2D eigenvalue weighted by Crippen LogP contribution is -2.19. The second-order valence-corrected chi connectivity index (χ2v) is 6.82. The number of benzene rings is 2. The summed E-state index contributed by atoms with van der Waals surface area (Å²) in [4.78, 5) is 14.5. The summed E-state index contributed by atoms with van der Waals surface area (Å²) >= 11 is 1.27. The van der Waals surface area contributed by atoms with Crippen LogP contribution in [0.25, 0.3) is 0 Å². The molecule has 5 nitrogen and oxygen atoms in total. The van der Waals surface area contributed by atoms with Crippen LogP contribution in [0, 0.1) is 5.82 Å². The molecule has 0 saturated carbocycles. The lowest BCUT2D eigenvalue weighted by atomic mass is 10.2. The third-order valence-corrected chi connectivity index (χ3v) is 4.98. The van der Waals surface area contributed by atoms with Crippen LogP contribution < -0.4 is 10.2 Å². The number of carbonyl (C=O) groups is 1. The van der Waals surface area contributed by atoms with Gasteiger partial charge in [-0.3, -0.25) is 4.79 Å². The van der Waals surface area contributed by atoms with E-state index < -0.39 is 0 Å². The van der Waals surface area contributed by atoms with Crippen LogP contribution in [0.1, 0.15) is 20.4 Å². The van der Waals surface area contributed by atoms with Gasteiger partial charge in [-0.05, 0) is 42.3 Å². The maximum absolute atomic E-state index is 12.9. The minimum Gasteiger partial charge on any atom is -0.364 e. The summed E-state index contributed by atoms with van der Waals surface area (Å²) in [6, 6.07) is 13.9. The maximum Gasteiger partial charge on any atom is 0.286 e. The molecule has 4 rings (SSSR count). The molecule has 126 valence electrons. The molecule has 1 aliphatic heterocycles. The number of anilines is 2. The van der Waals surface area contributed by atoms with Gasteiger partial charge in [0.1, 0.15) is 10.8 Å². The fourth-order valence-electron chi connectivity index (χ4n) is 2.86. The summed E-state index contributed by atoms with van der Waals surface area (Å²) in [6.45, 7) is 1.58. The molecule has 2 heterocycles. The third kappa shape index (κ3) is 3.36. The molecule has 25 heavy (non-hydrogen) atoms. The number of amides is 1. The molecular weight excluding hydrogens is 339 g/mol. The van der Waals surface area contributed by atoms with Crippen molar-refractivity contribution in [2.24, 2.45) is 0 Å². The second kappa shape index (κ2) is 6.60. The van der Waals surface area contributed by atoms with E-state index in [0.717, 1.165) is 18.0 Å². The summed E-state index contributed by atoms with van der Waals surface area (Å²) in [5.41, 5.74) is 3.08. The normalized spacial score (nSPS) is 12.9. The van der Waals surface area contributed by atoms with Gasteiger partial charge in [0.15, 0.2) is 0 Å². The number of fused-ring (bicyclic) bond motifs is 1. The standard InChI is InChI=1S/C18H15FN4OS/c19-13-5-7-14(8-6-13)20-17(24)18-22-21-16(25-18)11-23-10-9-12-3-1-2-4-15(12)23/h1-8H,9-11H2,(H,20,24). The molecule has 0 aliphatic carbocycles. The van der Waals surface area contributed by atoms with Crippen LogP contribution >= 0.6 is 11.3 Å². The van der Waals surface area contributed by atoms with Gasteiger partial charge < -0.3 is 10.2 Å². The Labute approximate surface area is 148 Å². The van der Waals surface area contributed by atoms with E-state index >= 15 is 0 Å². The summed E-state index contributed by atoms with van der Waals surface area (Å²) in [5.74, 6) is -0.681. The minimum atomic E-state index is -0.345. The molecular formula is C18H15FN4OS. The molecule has 1 aliphatic rings. The number of nitrogens with one attached hydrogen (secondary N) is 1. The lowest BCUT2D eigenvalue weighted by Gasteiger charge is -2.17. The van der Waals surface area contributed by atoms with Gasteiger partial charge in [0, 0.05) is 17.9 Å². The highest BCUT2D eigenvalue weighted by molar-refractivity contribution is 7.13. The SMILES string of the molecule is O=C(Nc1ccc(F)cc1)c1nnc(CN2CCc3ccccc32)s1. The Bertz CT molecular complexity index is 909. The molecule has 2 aromatic carbocycles. The smallest absolute Gasteiger partial charge is 0.286 e. The zero-order chi connectivity index (χ0) is 17.2. The predicted molar refractivity (Wildman–Crippen MR) is 95.5 cm³/mol. The van der Waals surface area contributed by atoms with E-state index in [9.17, 15) is 9.18 Å². The van der Waals surface area contributed by atoms with Crippen molar-refractivity contribution < 1.29 is 9.18 Å². The van der Waals surface area contributed by atoms with Gasteiger partial charge in [0.05, 0.1) is 6.54 Å². The maximum atomic E-state index is 12.9. The Balaban J connectivity index is 1.44. The molecule has 3 aromatic rings. The zero-order valence-electron chi connectivity index (χ0n) is 13.3. The number of hydrogen-bond donors (Lipinski definition) is 1. The van der Waals surface area contributed by atoms with Crippen LogP contribution in [0.5, 0.6) is 0 Å². The van der Waals surface area contributed by atoms with Crippen LogP contribution in [0.15, 0.2) is 48.5 Å². The van der Waals surface area contributed by atoms with E-state index in [2.05, 4.69) is 32.5 Å². The highest BCUT2D eigenvalue weighted by Crippen LogP contribution is 2.29. The Kier molecular flexibility index (Phi) is 4.15. The molecule has 0 radical (unpaired) electrons. The Morgan fingerprint density at radius 3 is 2.80 bits per heavy atom. The van der Waals surface area contributed by atoms with E-state index in [1.54, 1.807) is 0 Å². The largest absolute Gasteiger partial charge is 0.364 e. The van der Waals surface area contributed by atoms with Gasteiger partial charge in [-0.1, -0.05) is 29.5 Å². The number of nitrogens with zero attached hydrogens (tertiary/aromatic N) is 3. The first-order valence-electron chi connectivity index (χ1n) is 7.91. The van der Waals surface area contributed by atoms with Crippen molar-refractivity contribution in [3.8, 4) is 0 Å². The highest BCUT2D eigenvalue weighted by atomic mass is 32.1. The molecule has 1 N–H and O–H groups in total. The zero-order valence-corrected chi connectivity index (χ0v) is 14.1. The molecule has 0 fully saturated rings. The van der Waals surface area contributed by atoms with Gasteiger partial charge in [-0.25, -0.2) is 4.39 Å². The molecule has 1 aromatic heterocycles. The van der Waals surface area contributed by atoms with Crippen molar-refractivity contribution in [1.29, 1.82) is 0 Å². The van der Waals surface area contributed by atoms with Crippen LogP contribution in [-0.2, 0) is 13.0 Å². The lowest BCUT2D eigenvalue weighted by molar-refractivity contribution is 0.102. The van der Waals surface area contributed by atoms with Crippen molar-refractivity contribution in [3.05, 3.63) is 69.9 Å². The van der Waals surface area contributed by atoms with Gasteiger partial charge in [-0.15, -0.1) is 10.2 Å². The van der Waals surface area contributed by atoms with Crippen LogP contribution in [-0.4, -0.2) is 22.6 Å². The monoisotopic (exact) mass is 354 g/mol. The minimum absolute atomic E-state index is 0.298. The number of hydrogen-bond acceptors (Lipinski definition) is 5. The molecule has 7 heteroatoms. The quantitative estimate of drug-likeness (QED) is 0.779. The van der Waals surface area contributed by atoms with Crippen LogP contribution in [0.4, 0.5) is 15.8 Å². The second-order valence-electron chi connectivity index (χ2n) is 5.76. The van der Waals surface area contributed by atoms with Crippen molar-refractivity contribution in [2.45, 2.75) is 13.0 Å². The van der Waals surface area contributed by atoms with Gasteiger partial charge in [-0.2, -0.15) is 0 Å². The molecule has 0 saturated heterocycles. The number of para-hydroxylation sites is 1. The number of halogens is 1. The molecule has 0 spiro atoms. The van der Waals surface area contributed by atoms with E-state index in [1.807, 2.05) is 12.1 Å². The van der Waals surface area contributed by atoms with Crippen LogP contribution in [0.3, 0.4) is 0 Å². The van der Waals surface area contributed by atoms with E-state index in [4.69, 9.17) is 0 Å². The predicted octanol–water partition coefficient (Wildman–Crippen LogP) is 3.49. The van der Waals surface area contributed by atoms with Crippen molar-refractivity contribution in [2.75, 3.05) is 16.8 Å². The van der Waals surface area contributed by atoms with Crippen molar-refractivity contribution >= 4 is 28.6 Å². The summed E-state index contributed by atoms with van der Waals surface area (Å²) in [5, 5.41) is 11.9.